The summed E-state index contributed by atoms with van der Waals surface area (Å²) in [7, 11) is 1.24. The molecule has 0 saturated heterocycles. The number of nitro benzene ring substituents is 1. The molecule has 0 aliphatic rings. The molecule has 7 nitrogen and oxygen atoms in total. The van der Waals surface area contributed by atoms with Crippen molar-refractivity contribution in [1.82, 2.24) is 9.97 Å². The van der Waals surface area contributed by atoms with Crippen molar-refractivity contribution < 1.29 is 14.5 Å². The van der Waals surface area contributed by atoms with Gasteiger partial charge in [0, 0.05) is 17.6 Å². The molecule has 1 N–H and O–H groups in total. The molecule has 0 amide bonds. The Kier molecular flexibility index (Phi) is 3.05. The van der Waals surface area contributed by atoms with Gasteiger partial charge in [-0.2, -0.15) is 0 Å². The lowest BCUT2D eigenvalue weighted by Crippen LogP contribution is -2.05. The Morgan fingerprint density at radius 3 is 2.73 bits per heavy atom. The van der Waals surface area contributed by atoms with Crippen LogP contribution in [-0.2, 0) is 4.74 Å². The summed E-state index contributed by atoms with van der Waals surface area (Å²) < 4.78 is 4.70. The zero-order valence-electron chi connectivity index (χ0n) is 12.3. The van der Waals surface area contributed by atoms with E-state index < -0.39 is 10.9 Å². The topological polar surface area (TPSA) is 98.1 Å². The van der Waals surface area contributed by atoms with Gasteiger partial charge in [-0.25, -0.2) is 9.78 Å². The largest absolute Gasteiger partial charge is 0.465 e. The number of rotatable bonds is 2. The first-order chi connectivity index (χ1) is 10.4. The number of carbonyl (C=O) groups is 1. The number of esters is 1. The Morgan fingerprint density at radius 2 is 2.09 bits per heavy atom. The summed E-state index contributed by atoms with van der Waals surface area (Å²) in [5.41, 5.74) is 2.61. The number of hydrogen-bond acceptors (Lipinski definition) is 5. The van der Waals surface area contributed by atoms with Crippen molar-refractivity contribution in [3.63, 3.8) is 0 Å². The van der Waals surface area contributed by atoms with E-state index in [4.69, 9.17) is 4.74 Å². The molecule has 7 heteroatoms. The van der Waals surface area contributed by atoms with Crippen LogP contribution in [0.1, 0.15) is 21.5 Å². The summed E-state index contributed by atoms with van der Waals surface area (Å²) in [6, 6.07) is 3.10. The van der Waals surface area contributed by atoms with Crippen molar-refractivity contribution in [2.24, 2.45) is 0 Å². The van der Waals surface area contributed by atoms with E-state index in [-0.39, 0.29) is 11.3 Å². The predicted octanol–water partition coefficient (Wildman–Crippen LogP) is 3.03. The summed E-state index contributed by atoms with van der Waals surface area (Å²) in [5.74, 6) is -0.606. The summed E-state index contributed by atoms with van der Waals surface area (Å²) in [6.07, 6.45) is 1.68. The van der Waals surface area contributed by atoms with E-state index in [2.05, 4.69) is 9.97 Å². The molecule has 2 aromatic heterocycles. The molecule has 0 bridgehead atoms. The van der Waals surface area contributed by atoms with E-state index in [0.29, 0.717) is 27.5 Å². The molecule has 2 heterocycles. The number of ether oxygens (including phenoxy) is 1. The van der Waals surface area contributed by atoms with Gasteiger partial charge < -0.3 is 9.72 Å². The van der Waals surface area contributed by atoms with Crippen molar-refractivity contribution in [2.45, 2.75) is 13.8 Å². The monoisotopic (exact) mass is 299 g/mol. The lowest BCUT2D eigenvalue weighted by atomic mass is 10.0. The third-order valence-electron chi connectivity index (χ3n) is 3.71. The van der Waals surface area contributed by atoms with Gasteiger partial charge in [-0.15, -0.1) is 0 Å². The van der Waals surface area contributed by atoms with Gasteiger partial charge in [-0.05, 0) is 31.0 Å². The van der Waals surface area contributed by atoms with Crippen molar-refractivity contribution in [3.8, 4) is 0 Å². The van der Waals surface area contributed by atoms with Crippen LogP contribution >= 0.6 is 0 Å². The molecule has 0 aliphatic carbocycles. The number of hydrogen-bond donors (Lipinski definition) is 1. The summed E-state index contributed by atoms with van der Waals surface area (Å²) in [4.78, 5) is 30.1. The number of aryl methyl sites for hydroxylation is 2. The number of pyridine rings is 1. The Hall–Kier alpha value is -2.96. The van der Waals surface area contributed by atoms with E-state index in [1.54, 1.807) is 13.1 Å². The minimum atomic E-state index is -0.606. The van der Waals surface area contributed by atoms with E-state index in [1.165, 1.54) is 13.2 Å². The maximum atomic E-state index is 11.8. The predicted molar refractivity (Wildman–Crippen MR) is 81.1 cm³/mol. The lowest BCUT2D eigenvalue weighted by molar-refractivity contribution is -0.383. The number of nitrogens with one attached hydrogen (secondary N) is 1. The van der Waals surface area contributed by atoms with Gasteiger partial charge in [0.25, 0.3) is 5.69 Å². The molecule has 0 aliphatic heterocycles. The SMILES string of the molecule is COC(=O)c1cc([N+](=O)[O-])c2c([nH]c3ncc(C)cc32)c1C. The van der Waals surface area contributed by atoms with Crippen LogP contribution in [0, 0.1) is 24.0 Å². The van der Waals surface area contributed by atoms with Crippen LogP contribution in [0.15, 0.2) is 18.3 Å². The number of methoxy groups -OCH3 is 1. The fourth-order valence-corrected chi connectivity index (χ4v) is 2.64. The van der Waals surface area contributed by atoms with E-state index in [0.717, 1.165) is 5.56 Å². The standard InChI is InChI=1S/C15H13N3O4/c1-7-4-10-12-11(18(20)21)5-9(15(19)22-3)8(2)13(12)17-14(10)16-6-7/h4-6H,1-3H3,(H,16,17). The van der Waals surface area contributed by atoms with E-state index in [1.807, 2.05) is 13.0 Å². The van der Waals surface area contributed by atoms with Crippen molar-refractivity contribution in [2.75, 3.05) is 7.11 Å². The molecule has 3 rings (SSSR count). The van der Waals surface area contributed by atoms with Gasteiger partial charge >= 0.3 is 5.97 Å². The fourth-order valence-electron chi connectivity index (χ4n) is 2.64. The highest BCUT2D eigenvalue weighted by Gasteiger charge is 2.24. The van der Waals surface area contributed by atoms with Crippen molar-refractivity contribution >= 4 is 33.6 Å². The first-order valence-corrected chi connectivity index (χ1v) is 6.58. The highest BCUT2D eigenvalue weighted by Crippen LogP contribution is 2.36. The summed E-state index contributed by atoms with van der Waals surface area (Å²) in [6.45, 7) is 3.59. The Bertz CT molecular complexity index is 943. The molecule has 0 radical (unpaired) electrons. The second-order valence-electron chi connectivity index (χ2n) is 5.10. The zero-order chi connectivity index (χ0) is 16.0. The van der Waals surface area contributed by atoms with Crippen LogP contribution in [0.3, 0.4) is 0 Å². The smallest absolute Gasteiger partial charge is 0.338 e. The van der Waals surface area contributed by atoms with E-state index in [9.17, 15) is 14.9 Å². The van der Waals surface area contributed by atoms with Gasteiger partial charge in [-0.1, -0.05) is 0 Å². The molecule has 0 unspecified atom stereocenters. The Balaban J connectivity index is 2.53. The lowest BCUT2D eigenvalue weighted by Gasteiger charge is -2.06. The highest BCUT2D eigenvalue weighted by molar-refractivity contribution is 6.14. The maximum absolute atomic E-state index is 11.8. The number of carbonyl (C=O) groups excluding carboxylic acids is 1. The number of nitrogens with zero attached hydrogens (tertiary/aromatic N) is 2. The quantitative estimate of drug-likeness (QED) is 0.445. The van der Waals surface area contributed by atoms with Crippen LogP contribution in [0.4, 0.5) is 5.69 Å². The number of aromatic nitrogens is 2. The average molecular weight is 299 g/mol. The molecule has 1 aromatic carbocycles. The summed E-state index contributed by atoms with van der Waals surface area (Å²) >= 11 is 0. The van der Waals surface area contributed by atoms with E-state index >= 15 is 0 Å². The molecule has 0 atom stereocenters. The fraction of sp³-hybridized carbons (Fsp3) is 0.200. The van der Waals surface area contributed by atoms with Crippen molar-refractivity contribution in [3.05, 3.63) is 45.1 Å². The van der Waals surface area contributed by atoms with Crippen LogP contribution in [-0.4, -0.2) is 28.0 Å². The van der Waals surface area contributed by atoms with Gasteiger partial charge in [0.15, 0.2) is 0 Å². The number of H-pyrrole nitrogens is 1. The number of non-ortho nitro benzene ring substituents is 1. The number of nitro groups is 1. The third kappa shape index (κ3) is 1.90. The minimum absolute atomic E-state index is 0.139. The van der Waals surface area contributed by atoms with Gasteiger partial charge in [0.1, 0.15) is 5.65 Å². The second-order valence-corrected chi connectivity index (χ2v) is 5.10. The van der Waals surface area contributed by atoms with Crippen LogP contribution < -0.4 is 0 Å². The Labute approximate surface area is 125 Å². The normalized spacial score (nSPS) is 11.0. The molecule has 22 heavy (non-hydrogen) atoms. The van der Waals surface area contributed by atoms with Gasteiger partial charge in [0.2, 0.25) is 0 Å². The van der Waals surface area contributed by atoms with Gasteiger partial charge in [-0.3, -0.25) is 10.1 Å². The Morgan fingerprint density at radius 1 is 1.36 bits per heavy atom. The molecule has 0 fully saturated rings. The van der Waals surface area contributed by atoms with Crippen LogP contribution in [0.5, 0.6) is 0 Å². The molecule has 112 valence electrons. The average Bonchev–Trinajstić information content (AvgIpc) is 2.86. The molecule has 3 aromatic rings. The molecular formula is C15H13N3O4. The number of fused-ring (bicyclic) bond motifs is 3. The highest BCUT2D eigenvalue weighted by atomic mass is 16.6. The van der Waals surface area contributed by atoms with Crippen molar-refractivity contribution in [1.29, 1.82) is 0 Å². The van der Waals surface area contributed by atoms with Crippen LogP contribution in [0.25, 0.3) is 21.9 Å². The molecular weight excluding hydrogens is 286 g/mol. The zero-order valence-corrected chi connectivity index (χ0v) is 12.3. The number of aromatic amines is 1. The first-order valence-electron chi connectivity index (χ1n) is 6.58. The summed E-state index contributed by atoms with van der Waals surface area (Å²) in [5, 5.41) is 12.6. The second kappa shape index (κ2) is 4.80. The first kappa shape index (κ1) is 14.0. The maximum Gasteiger partial charge on any atom is 0.338 e. The van der Waals surface area contributed by atoms with Gasteiger partial charge in [0.05, 0.1) is 28.5 Å². The number of benzene rings is 1. The van der Waals surface area contributed by atoms with Crippen LogP contribution in [0.2, 0.25) is 0 Å². The molecule has 0 saturated carbocycles. The molecule has 0 spiro atoms. The minimum Gasteiger partial charge on any atom is -0.465 e. The third-order valence-corrected chi connectivity index (χ3v) is 3.71.